The summed E-state index contributed by atoms with van der Waals surface area (Å²) >= 11 is 0. The van der Waals surface area contributed by atoms with Crippen LogP contribution in [-0.2, 0) is 20.3 Å². The van der Waals surface area contributed by atoms with Gasteiger partial charge in [-0.25, -0.2) is 22.7 Å². The summed E-state index contributed by atoms with van der Waals surface area (Å²) < 4.78 is 30.3. The summed E-state index contributed by atoms with van der Waals surface area (Å²) in [6.07, 6.45) is 6.36. The van der Waals surface area contributed by atoms with Crippen molar-refractivity contribution in [3.63, 3.8) is 0 Å². The first-order valence-corrected chi connectivity index (χ1v) is 12.5. The lowest BCUT2D eigenvalue weighted by atomic mass is 10.0. The third-order valence-corrected chi connectivity index (χ3v) is 6.02. The Hall–Kier alpha value is -3.15. The SMILES string of the molecule is CC(C)NC(=O)OC1CCC(c2cc(Nc3nccn4nc(CS(C)(=O)=O)cc34)n[nH]2)C1. The number of fused-ring (bicyclic) bond motifs is 1. The molecule has 1 saturated carbocycles. The quantitative estimate of drug-likeness (QED) is 0.487. The normalized spacial score (nSPS) is 18.9. The molecule has 3 heterocycles. The van der Waals surface area contributed by atoms with Gasteiger partial charge in [-0.15, -0.1) is 0 Å². The van der Waals surface area contributed by atoms with E-state index < -0.39 is 9.84 Å². The molecule has 0 aromatic carbocycles. The Bertz CT molecular complexity index is 1220. The second-order valence-corrected chi connectivity index (χ2v) is 10.6. The summed E-state index contributed by atoms with van der Waals surface area (Å²) in [4.78, 5) is 16.2. The predicted octanol–water partition coefficient (Wildman–Crippen LogP) is 2.51. The minimum atomic E-state index is -3.19. The van der Waals surface area contributed by atoms with E-state index in [0.29, 0.717) is 22.8 Å². The fraction of sp³-hybridized carbons (Fsp3) is 0.500. The van der Waals surface area contributed by atoms with Gasteiger partial charge in [0.15, 0.2) is 21.5 Å². The number of anilines is 2. The number of aromatic nitrogens is 5. The average Bonchev–Trinajstić information content (AvgIpc) is 3.39. The molecule has 4 rings (SSSR count). The van der Waals surface area contributed by atoms with E-state index in [-0.39, 0.29) is 29.9 Å². The number of hydrogen-bond acceptors (Lipinski definition) is 8. The Morgan fingerprint density at radius 1 is 1.34 bits per heavy atom. The number of ether oxygens (including phenoxy) is 1. The van der Waals surface area contributed by atoms with Crippen LogP contribution in [0.2, 0.25) is 0 Å². The number of aromatic amines is 1. The standard InChI is InChI=1S/C20H27N7O4S/c1-12(2)22-20(28)31-15-5-4-13(8-15)16-10-18(25-24-16)23-19-17-9-14(11-32(3,29)30)26-27(17)7-6-21-19/h6-7,9-10,12-13,15H,4-5,8,11H2,1-3H3,(H,22,28)(H2,21,23,24,25). The number of amides is 1. The van der Waals surface area contributed by atoms with Crippen LogP contribution in [0, 0.1) is 0 Å². The van der Waals surface area contributed by atoms with E-state index in [1.807, 2.05) is 19.9 Å². The van der Waals surface area contributed by atoms with Crippen LogP contribution in [-0.4, -0.2) is 57.7 Å². The molecule has 2 atom stereocenters. The van der Waals surface area contributed by atoms with Crippen LogP contribution < -0.4 is 10.6 Å². The lowest BCUT2D eigenvalue weighted by Crippen LogP contribution is -2.33. The molecule has 1 aliphatic rings. The summed E-state index contributed by atoms with van der Waals surface area (Å²) in [5.74, 6) is 1.19. The Labute approximate surface area is 185 Å². The molecule has 1 aliphatic carbocycles. The Balaban J connectivity index is 1.43. The molecule has 3 aromatic rings. The number of nitrogens with one attached hydrogen (secondary N) is 3. The highest BCUT2D eigenvalue weighted by molar-refractivity contribution is 7.89. The van der Waals surface area contributed by atoms with Gasteiger partial charge in [-0.3, -0.25) is 5.10 Å². The third kappa shape index (κ3) is 5.36. The van der Waals surface area contributed by atoms with Crippen molar-refractivity contribution < 1.29 is 17.9 Å². The first-order valence-electron chi connectivity index (χ1n) is 10.5. The zero-order chi connectivity index (χ0) is 22.9. The largest absolute Gasteiger partial charge is 0.446 e. The van der Waals surface area contributed by atoms with Gasteiger partial charge < -0.3 is 15.4 Å². The minimum Gasteiger partial charge on any atom is -0.446 e. The van der Waals surface area contributed by atoms with Crippen LogP contribution in [0.1, 0.15) is 50.4 Å². The van der Waals surface area contributed by atoms with E-state index in [9.17, 15) is 13.2 Å². The summed E-state index contributed by atoms with van der Waals surface area (Å²) in [6, 6.07) is 3.66. The lowest BCUT2D eigenvalue weighted by Gasteiger charge is -2.14. The molecule has 2 unspecified atom stereocenters. The molecule has 11 nitrogen and oxygen atoms in total. The van der Waals surface area contributed by atoms with Gasteiger partial charge in [0.1, 0.15) is 11.6 Å². The van der Waals surface area contributed by atoms with Crippen molar-refractivity contribution in [2.45, 2.75) is 56.9 Å². The van der Waals surface area contributed by atoms with Crippen molar-refractivity contribution >= 4 is 33.1 Å². The van der Waals surface area contributed by atoms with E-state index >= 15 is 0 Å². The van der Waals surface area contributed by atoms with Crippen LogP contribution in [0.25, 0.3) is 5.52 Å². The highest BCUT2D eigenvalue weighted by atomic mass is 32.2. The van der Waals surface area contributed by atoms with Gasteiger partial charge in [0.05, 0.1) is 11.4 Å². The highest BCUT2D eigenvalue weighted by Crippen LogP contribution is 2.36. The monoisotopic (exact) mass is 461 g/mol. The number of alkyl carbamates (subject to hydrolysis) is 1. The van der Waals surface area contributed by atoms with Crippen molar-refractivity contribution in [1.82, 2.24) is 30.1 Å². The van der Waals surface area contributed by atoms with Gasteiger partial charge in [-0.2, -0.15) is 10.2 Å². The lowest BCUT2D eigenvalue weighted by molar-refractivity contribution is 0.0981. The number of H-pyrrole nitrogens is 1. The summed E-state index contributed by atoms with van der Waals surface area (Å²) in [5.41, 5.74) is 2.06. The van der Waals surface area contributed by atoms with Crippen molar-refractivity contribution in [2.24, 2.45) is 0 Å². The Morgan fingerprint density at radius 2 is 2.16 bits per heavy atom. The maximum absolute atomic E-state index is 11.8. The summed E-state index contributed by atoms with van der Waals surface area (Å²) in [6.45, 7) is 3.79. The van der Waals surface area contributed by atoms with Crippen LogP contribution in [0.15, 0.2) is 24.5 Å². The first kappa shape index (κ1) is 22.1. The first-order chi connectivity index (χ1) is 15.2. The number of carbonyl (C=O) groups is 1. The number of hydrogen-bond donors (Lipinski definition) is 3. The molecule has 3 aromatic heterocycles. The molecule has 172 valence electrons. The molecule has 1 fully saturated rings. The molecule has 3 N–H and O–H groups in total. The topological polar surface area (TPSA) is 143 Å². The molecule has 12 heteroatoms. The van der Waals surface area contributed by atoms with Crippen molar-refractivity contribution in [3.05, 3.63) is 35.9 Å². The van der Waals surface area contributed by atoms with E-state index in [1.54, 1.807) is 23.0 Å². The number of rotatable bonds is 7. The third-order valence-electron chi connectivity index (χ3n) is 5.20. The Morgan fingerprint density at radius 3 is 2.91 bits per heavy atom. The fourth-order valence-electron chi connectivity index (χ4n) is 3.89. The van der Waals surface area contributed by atoms with Crippen LogP contribution in [0.3, 0.4) is 0 Å². The van der Waals surface area contributed by atoms with E-state index in [0.717, 1.165) is 25.0 Å². The van der Waals surface area contributed by atoms with Crippen molar-refractivity contribution in [3.8, 4) is 0 Å². The smallest absolute Gasteiger partial charge is 0.407 e. The second kappa shape index (κ2) is 8.77. The van der Waals surface area contributed by atoms with E-state index in [4.69, 9.17) is 4.74 Å². The average molecular weight is 462 g/mol. The predicted molar refractivity (Wildman–Crippen MR) is 119 cm³/mol. The molecule has 0 saturated heterocycles. The zero-order valence-corrected chi connectivity index (χ0v) is 19.0. The number of carbonyl (C=O) groups excluding carboxylic acids is 1. The molecule has 0 spiro atoms. The van der Waals surface area contributed by atoms with Crippen molar-refractivity contribution in [1.29, 1.82) is 0 Å². The van der Waals surface area contributed by atoms with Crippen LogP contribution in [0.5, 0.6) is 0 Å². The summed E-state index contributed by atoms with van der Waals surface area (Å²) in [7, 11) is -3.19. The summed E-state index contributed by atoms with van der Waals surface area (Å²) in [5, 5.41) is 17.6. The van der Waals surface area contributed by atoms with Gasteiger partial charge in [-0.1, -0.05) is 0 Å². The van der Waals surface area contributed by atoms with Crippen LogP contribution >= 0.6 is 0 Å². The fourth-order valence-corrected chi connectivity index (χ4v) is 4.57. The molecule has 0 bridgehead atoms. The van der Waals surface area contributed by atoms with Crippen molar-refractivity contribution in [2.75, 3.05) is 11.6 Å². The maximum Gasteiger partial charge on any atom is 0.407 e. The molecular formula is C20H27N7O4S. The van der Waals surface area contributed by atoms with Gasteiger partial charge >= 0.3 is 6.09 Å². The van der Waals surface area contributed by atoms with Crippen LogP contribution in [0.4, 0.5) is 16.4 Å². The second-order valence-electron chi connectivity index (χ2n) is 8.48. The number of nitrogens with zero attached hydrogens (tertiary/aromatic N) is 4. The highest BCUT2D eigenvalue weighted by Gasteiger charge is 2.30. The Kier molecular flexibility index (Phi) is 6.04. The van der Waals surface area contributed by atoms with Gasteiger partial charge in [0.2, 0.25) is 0 Å². The molecule has 0 radical (unpaired) electrons. The molecular weight excluding hydrogens is 434 g/mol. The van der Waals surface area contributed by atoms with Gasteiger partial charge in [0.25, 0.3) is 0 Å². The zero-order valence-electron chi connectivity index (χ0n) is 18.2. The molecule has 32 heavy (non-hydrogen) atoms. The minimum absolute atomic E-state index is 0.0391. The molecule has 0 aliphatic heterocycles. The maximum atomic E-state index is 11.8. The molecule has 1 amide bonds. The number of sulfone groups is 1. The van der Waals surface area contributed by atoms with E-state index in [2.05, 4.69) is 30.9 Å². The van der Waals surface area contributed by atoms with E-state index in [1.165, 1.54) is 6.26 Å². The van der Waals surface area contributed by atoms with Gasteiger partial charge in [-0.05, 0) is 39.2 Å². The van der Waals surface area contributed by atoms with Gasteiger partial charge in [0, 0.05) is 42.4 Å².